The molecule has 9 nitrogen and oxygen atoms in total. The number of hydrogen-bond acceptors (Lipinski definition) is 7. The monoisotopic (exact) mass is 520 g/mol. The van der Waals surface area contributed by atoms with Crippen molar-refractivity contribution >= 4 is 24.6 Å². The van der Waals surface area contributed by atoms with E-state index in [1.54, 1.807) is 24.3 Å². The van der Waals surface area contributed by atoms with Gasteiger partial charge in [-0.05, 0) is 30.0 Å². The van der Waals surface area contributed by atoms with Crippen molar-refractivity contribution in [2.75, 3.05) is 6.54 Å². The van der Waals surface area contributed by atoms with Gasteiger partial charge in [-0.3, -0.25) is 9.59 Å². The summed E-state index contributed by atoms with van der Waals surface area (Å²) < 4.78 is 38.7. The first kappa shape index (κ1) is 28.1. The normalized spacial score (nSPS) is 18.1. The highest BCUT2D eigenvalue weighted by Crippen LogP contribution is 2.30. The Kier molecular flexibility index (Phi) is 8.92. The first-order valence-electron chi connectivity index (χ1n) is 11.7. The molecule has 0 saturated carbocycles. The number of hydrogen-bond donors (Lipinski definition) is 4. The second kappa shape index (κ2) is 11.7. The Bertz CT molecular complexity index is 1130. The second-order valence-corrected chi connectivity index (χ2v) is 9.29. The maximum atomic E-state index is 13.4. The van der Waals surface area contributed by atoms with Gasteiger partial charge in [0.05, 0.1) is 18.2 Å². The molecule has 1 aromatic carbocycles. The Morgan fingerprint density at radius 2 is 1.84 bits per heavy atom. The summed E-state index contributed by atoms with van der Waals surface area (Å²) in [5.74, 6) is -2.34. The van der Waals surface area contributed by atoms with Crippen LogP contribution in [0.25, 0.3) is 0 Å². The van der Waals surface area contributed by atoms with Crippen molar-refractivity contribution in [3.05, 3.63) is 65.5 Å². The Labute approximate surface area is 212 Å². The average Bonchev–Trinajstić information content (AvgIpc) is 3.26. The van der Waals surface area contributed by atoms with Gasteiger partial charge >= 0.3 is 13.3 Å². The molecule has 4 N–H and O–H groups in total. The summed E-state index contributed by atoms with van der Waals surface area (Å²) in [5.41, 5.74) is -2.11. The molecule has 0 aliphatic carbocycles. The number of alkyl halides is 3. The van der Waals surface area contributed by atoms with Crippen LogP contribution in [0.3, 0.4) is 0 Å². The minimum absolute atomic E-state index is 0.0417. The zero-order valence-electron chi connectivity index (χ0n) is 20.3. The number of carbonyl (C=O) groups is 2. The predicted molar refractivity (Wildman–Crippen MR) is 129 cm³/mol. The molecule has 198 valence electrons. The number of rotatable bonds is 10. The van der Waals surface area contributed by atoms with E-state index in [0.717, 1.165) is 23.8 Å². The quantitative estimate of drug-likeness (QED) is 0.355. The molecular formula is C24H28BF3N4O5. The Morgan fingerprint density at radius 1 is 1.14 bits per heavy atom. The van der Waals surface area contributed by atoms with Crippen molar-refractivity contribution in [1.82, 2.24) is 15.6 Å². The number of nitrogens with zero attached hydrogens (tertiary/aromatic N) is 2. The largest absolute Gasteiger partial charge is 0.475 e. The van der Waals surface area contributed by atoms with Crippen LogP contribution in [0, 0.1) is 5.92 Å². The molecule has 3 rings (SSSR count). The molecule has 2 aromatic rings. The lowest BCUT2D eigenvalue weighted by Gasteiger charge is -2.29. The van der Waals surface area contributed by atoms with E-state index in [4.69, 9.17) is 4.84 Å². The Balaban J connectivity index is 1.73. The predicted octanol–water partition coefficient (Wildman–Crippen LogP) is 2.13. The number of oxime groups is 1. The smallest absolute Gasteiger partial charge is 0.426 e. The first-order chi connectivity index (χ1) is 17.4. The van der Waals surface area contributed by atoms with Crippen molar-refractivity contribution in [2.45, 2.75) is 50.8 Å². The van der Waals surface area contributed by atoms with Crippen molar-refractivity contribution in [3.8, 4) is 0 Å². The molecule has 0 spiro atoms. The fourth-order valence-electron chi connectivity index (χ4n) is 3.92. The zero-order valence-corrected chi connectivity index (χ0v) is 20.3. The highest BCUT2D eigenvalue weighted by Gasteiger charge is 2.48. The molecule has 2 unspecified atom stereocenters. The minimum atomic E-state index is -4.69. The third kappa shape index (κ3) is 7.52. The number of amides is 2. The molecule has 2 amide bonds. The van der Waals surface area contributed by atoms with Gasteiger partial charge in [-0.1, -0.05) is 55.4 Å². The number of nitrogens with one attached hydrogen (secondary N) is 2. The lowest BCUT2D eigenvalue weighted by Crippen LogP contribution is -2.56. The molecule has 0 radical (unpaired) electrons. The lowest BCUT2D eigenvalue weighted by molar-refractivity contribution is -0.144. The molecular weight excluding hydrogens is 492 g/mol. The summed E-state index contributed by atoms with van der Waals surface area (Å²) in [6.07, 6.45) is -4.33. The summed E-state index contributed by atoms with van der Waals surface area (Å²) >= 11 is 0. The Morgan fingerprint density at radius 3 is 2.46 bits per heavy atom. The number of aromatic nitrogens is 1. The van der Waals surface area contributed by atoms with E-state index in [1.807, 2.05) is 19.9 Å². The summed E-state index contributed by atoms with van der Waals surface area (Å²) in [7, 11) is -1.79. The van der Waals surface area contributed by atoms with Gasteiger partial charge in [0.25, 0.3) is 11.8 Å². The van der Waals surface area contributed by atoms with Gasteiger partial charge in [-0.25, -0.2) is 4.98 Å². The van der Waals surface area contributed by atoms with Crippen LogP contribution in [0.4, 0.5) is 13.2 Å². The number of benzene rings is 1. The molecule has 13 heteroatoms. The molecule has 1 aliphatic rings. The van der Waals surface area contributed by atoms with E-state index < -0.39 is 48.0 Å². The topological polar surface area (TPSA) is 133 Å². The van der Waals surface area contributed by atoms with E-state index in [9.17, 15) is 32.8 Å². The average molecular weight is 520 g/mol. The van der Waals surface area contributed by atoms with Crippen LogP contribution < -0.4 is 10.6 Å². The number of carbonyl (C=O) groups excluding carboxylic acids is 2. The van der Waals surface area contributed by atoms with Crippen LogP contribution in [0.2, 0.25) is 0 Å². The molecule has 0 fully saturated rings. The van der Waals surface area contributed by atoms with Crippen LogP contribution in [-0.2, 0) is 22.2 Å². The van der Waals surface area contributed by atoms with Crippen LogP contribution in [0.5, 0.6) is 0 Å². The molecule has 37 heavy (non-hydrogen) atoms. The molecule has 2 atom stereocenters. The third-order valence-corrected chi connectivity index (χ3v) is 5.71. The van der Waals surface area contributed by atoms with E-state index >= 15 is 0 Å². The van der Waals surface area contributed by atoms with Gasteiger partial charge in [-0.2, -0.15) is 13.2 Å². The van der Waals surface area contributed by atoms with E-state index in [2.05, 4.69) is 20.8 Å². The third-order valence-electron chi connectivity index (χ3n) is 5.71. The van der Waals surface area contributed by atoms with Crippen molar-refractivity contribution in [1.29, 1.82) is 0 Å². The zero-order chi connectivity index (χ0) is 27.2. The van der Waals surface area contributed by atoms with Gasteiger partial charge in [0, 0.05) is 12.8 Å². The van der Waals surface area contributed by atoms with E-state index in [-0.39, 0.29) is 31.0 Å². The maximum Gasteiger partial charge on any atom is 0.475 e. The summed E-state index contributed by atoms with van der Waals surface area (Å²) in [6, 6.07) is 12.0. The number of halogens is 3. The fourth-order valence-corrected chi connectivity index (χ4v) is 3.92. The highest BCUT2D eigenvalue weighted by atomic mass is 19.4. The fraction of sp³-hybridized carbons (Fsp3) is 0.417. The maximum absolute atomic E-state index is 13.4. The highest BCUT2D eigenvalue weighted by molar-refractivity contribution is 6.43. The van der Waals surface area contributed by atoms with E-state index in [1.165, 1.54) is 0 Å². The molecule has 2 heterocycles. The summed E-state index contributed by atoms with van der Waals surface area (Å²) in [6.45, 7) is 3.55. The second-order valence-electron chi connectivity index (χ2n) is 9.29. The number of pyridine rings is 1. The van der Waals surface area contributed by atoms with Gasteiger partial charge < -0.3 is 25.5 Å². The van der Waals surface area contributed by atoms with Crippen LogP contribution >= 0.6 is 0 Å². The lowest BCUT2D eigenvalue weighted by atomic mass is 9.74. The van der Waals surface area contributed by atoms with Crippen molar-refractivity contribution < 1.29 is 37.6 Å². The van der Waals surface area contributed by atoms with Crippen LogP contribution in [0.1, 0.15) is 48.4 Å². The van der Waals surface area contributed by atoms with Crippen molar-refractivity contribution in [3.63, 3.8) is 0 Å². The molecule has 0 bridgehead atoms. The van der Waals surface area contributed by atoms with Gasteiger partial charge in [-0.15, -0.1) is 0 Å². The van der Waals surface area contributed by atoms with Gasteiger partial charge in [0.15, 0.2) is 0 Å². The summed E-state index contributed by atoms with van der Waals surface area (Å²) in [5, 5.41) is 28.6. The molecule has 1 aromatic heterocycles. The summed E-state index contributed by atoms with van der Waals surface area (Å²) in [4.78, 5) is 34.7. The molecule has 1 aliphatic heterocycles. The van der Waals surface area contributed by atoms with Crippen LogP contribution in [0.15, 0.2) is 53.7 Å². The minimum Gasteiger partial charge on any atom is -0.426 e. The van der Waals surface area contributed by atoms with Gasteiger partial charge in [0.2, 0.25) is 5.60 Å². The van der Waals surface area contributed by atoms with E-state index in [0.29, 0.717) is 6.42 Å². The van der Waals surface area contributed by atoms with Crippen LogP contribution in [-0.4, -0.2) is 57.8 Å². The van der Waals surface area contributed by atoms with Crippen molar-refractivity contribution in [2.24, 2.45) is 11.1 Å². The molecule has 0 saturated heterocycles. The first-order valence-corrected chi connectivity index (χ1v) is 11.7. The SMILES string of the molecule is CC(C)CC(NC(=O)C1(Cc2ccccc2)CC(CNC(=O)c2cccc(C(F)(F)F)n2)=NO1)B(O)O. The van der Waals surface area contributed by atoms with Gasteiger partial charge in [0.1, 0.15) is 11.4 Å². The standard InChI is InChI=1S/C24H28BF3N4O5/c1-15(2)11-20(25(35)36)31-22(34)23(12-16-7-4-3-5-8-16)13-17(32-37-23)14-29-21(33)18-9-6-10-19(30-18)24(26,27)28/h3-10,15,20,35-36H,11-14H2,1-2H3,(H,29,33)(H,31,34). The Hall–Kier alpha value is -3.45.